The third-order valence-corrected chi connectivity index (χ3v) is 3.40. The minimum atomic E-state index is -0.624. The molecule has 3 nitrogen and oxygen atoms in total. The molecule has 0 aliphatic rings. The van der Waals surface area contributed by atoms with E-state index in [0.717, 1.165) is 22.9 Å². The second kappa shape index (κ2) is 7.77. The van der Waals surface area contributed by atoms with Gasteiger partial charge in [0.15, 0.2) is 5.17 Å². The van der Waals surface area contributed by atoms with E-state index < -0.39 is 11.3 Å². The zero-order chi connectivity index (χ0) is 13.5. The molecule has 0 radical (unpaired) electrons. The second-order valence-corrected chi connectivity index (χ2v) is 5.11. The highest BCUT2D eigenvalue weighted by Crippen LogP contribution is 2.28. The first-order valence-corrected chi connectivity index (χ1v) is 7.18. The Hall–Kier alpha value is -0.580. The molecule has 0 saturated heterocycles. The van der Waals surface area contributed by atoms with Crippen molar-refractivity contribution in [3.05, 3.63) is 35.4 Å². The fourth-order valence-electron chi connectivity index (χ4n) is 1.39. The number of oxime groups is 1. The molecule has 0 aliphatic heterocycles. The molecule has 6 heteroatoms. The van der Waals surface area contributed by atoms with Gasteiger partial charge in [-0.15, -0.1) is 11.6 Å². The van der Waals surface area contributed by atoms with Gasteiger partial charge in [0.05, 0.1) is 0 Å². The summed E-state index contributed by atoms with van der Waals surface area (Å²) in [4.78, 5) is 15.1. The van der Waals surface area contributed by atoms with Crippen LogP contribution in [0, 0.1) is 0 Å². The van der Waals surface area contributed by atoms with E-state index in [0.29, 0.717) is 0 Å². The van der Waals surface area contributed by atoms with Crippen molar-refractivity contribution < 1.29 is 9.63 Å². The number of hydrogen-bond donors (Lipinski definition) is 0. The van der Waals surface area contributed by atoms with Crippen LogP contribution >= 0.6 is 39.1 Å². The number of nitrogens with zero attached hydrogens (tertiary/aromatic N) is 1. The average molecular weight is 353 g/mol. The molecule has 1 aromatic rings. The van der Waals surface area contributed by atoms with Crippen molar-refractivity contribution >= 4 is 50.3 Å². The normalized spacial score (nSPS) is 13.2. The first kappa shape index (κ1) is 15.5. The molecule has 0 N–H and O–H groups in total. The molecule has 0 heterocycles. The van der Waals surface area contributed by atoms with Crippen molar-refractivity contribution in [2.24, 2.45) is 5.16 Å². The Bertz CT molecular complexity index is 451. The summed E-state index contributed by atoms with van der Waals surface area (Å²) in [6, 6.07) is 7.66. The SMILES string of the molecule is CC(=O)O/N=C(/Cl)C(Cl)c1ccccc1CCBr. The highest BCUT2D eigenvalue weighted by Gasteiger charge is 2.17. The van der Waals surface area contributed by atoms with Crippen molar-refractivity contribution in [1.29, 1.82) is 0 Å². The molecule has 98 valence electrons. The van der Waals surface area contributed by atoms with Crippen molar-refractivity contribution in [2.75, 3.05) is 5.33 Å². The van der Waals surface area contributed by atoms with Gasteiger partial charge < -0.3 is 4.84 Å². The lowest BCUT2D eigenvalue weighted by atomic mass is 10.0. The molecule has 0 bridgehead atoms. The Morgan fingerprint density at radius 3 is 2.78 bits per heavy atom. The van der Waals surface area contributed by atoms with E-state index in [1.54, 1.807) is 0 Å². The third-order valence-electron chi connectivity index (χ3n) is 2.16. The molecule has 0 fully saturated rings. The van der Waals surface area contributed by atoms with E-state index in [4.69, 9.17) is 23.2 Å². The second-order valence-electron chi connectivity index (χ2n) is 3.50. The Kier molecular flexibility index (Phi) is 6.68. The summed E-state index contributed by atoms with van der Waals surface area (Å²) >= 11 is 15.5. The summed E-state index contributed by atoms with van der Waals surface area (Å²) in [5, 5.41) is 3.73. The molecule has 1 aromatic carbocycles. The summed E-state index contributed by atoms with van der Waals surface area (Å²) in [6.45, 7) is 1.25. The number of alkyl halides is 2. The van der Waals surface area contributed by atoms with Crippen LogP contribution < -0.4 is 0 Å². The number of hydrogen-bond acceptors (Lipinski definition) is 3. The van der Waals surface area contributed by atoms with E-state index in [9.17, 15) is 4.79 Å². The van der Waals surface area contributed by atoms with Crippen LogP contribution in [0.25, 0.3) is 0 Å². The van der Waals surface area contributed by atoms with Gasteiger partial charge in [-0.25, -0.2) is 4.79 Å². The minimum Gasteiger partial charge on any atom is -0.317 e. The molecule has 1 atom stereocenters. The summed E-state index contributed by atoms with van der Waals surface area (Å²) < 4.78 is 0. The molecule has 1 unspecified atom stereocenters. The van der Waals surface area contributed by atoms with Crippen LogP contribution in [0.2, 0.25) is 0 Å². The smallest absolute Gasteiger partial charge is 0.317 e. The minimum absolute atomic E-state index is 0.0360. The molecule has 1 rings (SSSR count). The third kappa shape index (κ3) is 4.59. The number of benzene rings is 1. The van der Waals surface area contributed by atoms with Gasteiger partial charge in [0.2, 0.25) is 0 Å². The van der Waals surface area contributed by atoms with Gasteiger partial charge in [0.25, 0.3) is 0 Å². The first-order chi connectivity index (χ1) is 8.56. The van der Waals surface area contributed by atoms with Gasteiger partial charge >= 0.3 is 5.97 Å². The fourth-order valence-corrected chi connectivity index (χ4v) is 2.23. The van der Waals surface area contributed by atoms with E-state index in [-0.39, 0.29) is 5.17 Å². The summed E-state index contributed by atoms with van der Waals surface area (Å²) in [6.07, 6.45) is 0.830. The highest BCUT2D eigenvalue weighted by molar-refractivity contribution is 9.09. The number of halogens is 3. The van der Waals surface area contributed by atoms with Crippen molar-refractivity contribution in [2.45, 2.75) is 18.7 Å². The Labute approximate surface area is 124 Å². The zero-order valence-corrected chi connectivity index (χ0v) is 12.8. The summed E-state index contributed by atoms with van der Waals surface area (Å²) in [5.74, 6) is -0.536. The molecule has 0 spiro atoms. The van der Waals surface area contributed by atoms with Crippen LogP contribution in [0.15, 0.2) is 29.4 Å². The molecule has 18 heavy (non-hydrogen) atoms. The molecular weight excluding hydrogens is 341 g/mol. The Balaban J connectivity index is 2.92. The van der Waals surface area contributed by atoms with Gasteiger partial charge in [-0.05, 0) is 17.5 Å². The van der Waals surface area contributed by atoms with Crippen LogP contribution in [-0.2, 0) is 16.1 Å². The molecule has 0 saturated carbocycles. The standard InChI is InChI=1S/C12H12BrCl2NO2/c1-8(17)18-16-12(15)11(14)10-5-3-2-4-9(10)6-7-13/h2-5,11H,6-7H2,1H3/b16-12+. The number of carbonyl (C=O) groups excluding carboxylic acids is 1. The van der Waals surface area contributed by atoms with Crippen molar-refractivity contribution in [3.63, 3.8) is 0 Å². The maximum atomic E-state index is 10.6. The maximum absolute atomic E-state index is 10.6. The van der Waals surface area contributed by atoms with Gasteiger partial charge in [-0.2, -0.15) is 0 Å². The van der Waals surface area contributed by atoms with Crippen LogP contribution in [0.1, 0.15) is 23.4 Å². The molecule has 0 amide bonds. The fraction of sp³-hybridized carbons (Fsp3) is 0.333. The van der Waals surface area contributed by atoms with Crippen LogP contribution in [0.5, 0.6) is 0 Å². The lowest BCUT2D eigenvalue weighted by Gasteiger charge is -2.12. The molecular formula is C12H12BrCl2NO2. The predicted molar refractivity (Wildman–Crippen MR) is 77.6 cm³/mol. The highest BCUT2D eigenvalue weighted by atomic mass is 79.9. The van der Waals surface area contributed by atoms with Crippen LogP contribution in [0.4, 0.5) is 0 Å². The van der Waals surface area contributed by atoms with Gasteiger partial charge in [0, 0.05) is 12.3 Å². The van der Waals surface area contributed by atoms with Crippen LogP contribution in [-0.4, -0.2) is 16.5 Å². The number of carbonyl (C=O) groups is 1. The van der Waals surface area contributed by atoms with Crippen LogP contribution in [0.3, 0.4) is 0 Å². The Morgan fingerprint density at radius 1 is 1.50 bits per heavy atom. The van der Waals surface area contributed by atoms with Crippen molar-refractivity contribution in [3.8, 4) is 0 Å². The van der Waals surface area contributed by atoms with E-state index in [2.05, 4.69) is 25.9 Å². The average Bonchev–Trinajstić information content (AvgIpc) is 2.36. The monoisotopic (exact) mass is 351 g/mol. The number of aryl methyl sites for hydroxylation is 1. The van der Waals surface area contributed by atoms with E-state index in [1.165, 1.54) is 6.92 Å². The van der Waals surface area contributed by atoms with Gasteiger partial charge in [0.1, 0.15) is 5.38 Å². The quantitative estimate of drug-likeness (QED) is 0.347. The summed E-state index contributed by atoms with van der Waals surface area (Å²) in [5.41, 5.74) is 1.94. The van der Waals surface area contributed by atoms with Gasteiger partial charge in [-0.1, -0.05) is 57.0 Å². The summed E-state index contributed by atoms with van der Waals surface area (Å²) in [7, 11) is 0. The lowest BCUT2D eigenvalue weighted by Crippen LogP contribution is -2.06. The largest absolute Gasteiger partial charge is 0.332 e. The molecule has 0 aliphatic carbocycles. The van der Waals surface area contributed by atoms with E-state index in [1.807, 2.05) is 24.3 Å². The van der Waals surface area contributed by atoms with Crippen molar-refractivity contribution in [1.82, 2.24) is 0 Å². The first-order valence-electron chi connectivity index (χ1n) is 5.25. The Morgan fingerprint density at radius 2 is 2.17 bits per heavy atom. The zero-order valence-electron chi connectivity index (χ0n) is 9.70. The maximum Gasteiger partial charge on any atom is 0.332 e. The van der Waals surface area contributed by atoms with Gasteiger partial charge in [-0.3, -0.25) is 0 Å². The lowest BCUT2D eigenvalue weighted by molar-refractivity contribution is -0.140. The predicted octanol–water partition coefficient (Wildman–Crippen LogP) is 4.02. The van der Waals surface area contributed by atoms with E-state index >= 15 is 0 Å². The topological polar surface area (TPSA) is 38.7 Å². The number of rotatable bonds is 5. The molecule has 0 aromatic heterocycles.